The summed E-state index contributed by atoms with van der Waals surface area (Å²) in [5.74, 6) is 0.764. The first-order valence-corrected chi connectivity index (χ1v) is 6.63. The Hall–Kier alpha value is -2.90. The van der Waals surface area contributed by atoms with Crippen molar-refractivity contribution < 1.29 is 4.79 Å². The van der Waals surface area contributed by atoms with Crippen molar-refractivity contribution in [1.82, 2.24) is 30.2 Å². The lowest BCUT2D eigenvalue weighted by Crippen LogP contribution is -2.59. The fourth-order valence-corrected chi connectivity index (χ4v) is 2.50. The van der Waals surface area contributed by atoms with Gasteiger partial charge < -0.3 is 20.2 Å². The zero-order valence-electron chi connectivity index (χ0n) is 11.1. The molecule has 0 spiro atoms. The molecule has 0 bridgehead atoms. The lowest BCUT2D eigenvalue weighted by atomic mass is 10.1. The highest BCUT2D eigenvalue weighted by atomic mass is 16.2. The number of rotatable bonds is 3. The quantitative estimate of drug-likeness (QED) is 0.641. The minimum absolute atomic E-state index is 0.116. The molecule has 4 heterocycles. The van der Waals surface area contributed by atoms with E-state index < -0.39 is 0 Å². The van der Waals surface area contributed by atoms with Gasteiger partial charge in [0.05, 0.1) is 24.0 Å². The molecular formula is C13H13N7O. The Balaban J connectivity index is 1.43. The van der Waals surface area contributed by atoms with Crippen LogP contribution in [0.5, 0.6) is 0 Å². The smallest absolute Gasteiger partial charge is 0.269 e. The van der Waals surface area contributed by atoms with E-state index in [-0.39, 0.29) is 11.9 Å². The van der Waals surface area contributed by atoms with Crippen molar-refractivity contribution in [3.63, 3.8) is 0 Å². The number of amides is 1. The molecule has 0 aromatic carbocycles. The molecule has 8 heteroatoms. The lowest BCUT2D eigenvalue weighted by molar-refractivity contribution is 0.0925. The van der Waals surface area contributed by atoms with Crippen LogP contribution >= 0.6 is 0 Å². The van der Waals surface area contributed by atoms with Crippen molar-refractivity contribution in [2.24, 2.45) is 0 Å². The minimum atomic E-state index is -0.133. The van der Waals surface area contributed by atoms with Crippen LogP contribution in [0.1, 0.15) is 10.5 Å². The first kappa shape index (κ1) is 11.9. The zero-order chi connectivity index (χ0) is 14.2. The Morgan fingerprint density at radius 1 is 1.33 bits per heavy atom. The van der Waals surface area contributed by atoms with E-state index in [4.69, 9.17) is 0 Å². The van der Waals surface area contributed by atoms with Gasteiger partial charge in [0, 0.05) is 19.3 Å². The van der Waals surface area contributed by atoms with Gasteiger partial charge in [0.1, 0.15) is 23.5 Å². The van der Waals surface area contributed by atoms with E-state index in [1.165, 1.54) is 12.5 Å². The first-order valence-electron chi connectivity index (χ1n) is 6.63. The standard InChI is InChI=1S/C13H13N7O/c21-13(10-3-14-6-16-10)19-8-4-20(5-8)12-9-1-2-15-11(9)17-7-18-12/h1-3,6-8H,4-5H2,(H,14,16)(H,19,21)(H,15,17,18). The van der Waals surface area contributed by atoms with Gasteiger partial charge in [-0.3, -0.25) is 4.79 Å². The van der Waals surface area contributed by atoms with E-state index in [1.807, 2.05) is 12.3 Å². The minimum Gasteiger partial charge on any atom is -0.352 e. The number of nitrogens with zero attached hydrogens (tertiary/aromatic N) is 4. The van der Waals surface area contributed by atoms with Crippen LogP contribution in [0.3, 0.4) is 0 Å². The van der Waals surface area contributed by atoms with Crippen molar-refractivity contribution >= 4 is 22.8 Å². The second kappa shape index (κ2) is 4.58. The lowest BCUT2D eigenvalue weighted by Gasteiger charge is -2.40. The second-order valence-corrected chi connectivity index (χ2v) is 4.98. The fourth-order valence-electron chi connectivity index (χ4n) is 2.50. The number of carbonyl (C=O) groups excluding carboxylic acids is 1. The summed E-state index contributed by atoms with van der Waals surface area (Å²) in [6.45, 7) is 1.47. The number of carbonyl (C=O) groups is 1. The molecule has 21 heavy (non-hydrogen) atoms. The Morgan fingerprint density at radius 2 is 2.24 bits per heavy atom. The van der Waals surface area contributed by atoms with Gasteiger partial charge in [-0.05, 0) is 6.07 Å². The molecule has 1 aliphatic rings. The zero-order valence-corrected chi connectivity index (χ0v) is 11.1. The van der Waals surface area contributed by atoms with E-state index in [1.54, 1.807) is 6.33 Å². The van der Waals surface area contributed by atoms with Crippen LogP contribution in [0.25, 0.3) is 11.0 Å². The Morgan fingerprint density at radius 3 is 3.05 bits per heavy atom. The number of H-pyrrole nitrogens is 2. The molecule has 0 radical (unpaired) electrons. The maximum absolute atomic E-state index is 11.9. The maximum atomic E-state index is 11.9. The van der Waals surface area contributed by atoms with Crippen LogP contribution in [0.15, 0.2) is 31.1 Å². The summed E-state index contributed by atoms with van der Waals surface area (Å²) in [5.41, 5.74) is 1.30. The van der Waals surface area contributed by atoms with E-state index in [2.05, 4.69) is 35.1 Å². The van der Waals surface area contributed by atoms with Gasteiger partial charge >= 0.3 is 0 Å². The predicted octanol–water partition coefficient (Wildman–Crippen LogP) is 0.300. The van der Waals surface area contributed by atoms with Crippen molar-refractivity contribution in [2.45, 2.75) is 6.04 Å². The molecule has 0 atom stereocenters. The monoisotopic (exact) mass is 283 g/mol. The van der Waals surface area contributed by atoms with Crippen molar-refractivity contribution in [3.8, 4) is 0 Å². The molecule has 0 unspecified atom stereocenters. The summed E-state index contributed by atoms with van der Waals surface area (Å²) in [5, 5.41) is 3.95. The molecule has 3 aromatic heterocycles. The molecule has 0 saturated carbocycles. The molecule has 1 fully saturated rings. The summed E-state index contributed by atoms with van der Waals surface area (Å²) < 4.78 is 0. The van der Waals surface area contributed by atoms with Gasteiger partial charge in [-0.15, -0.1) is 0 Å². The topological polar surface area (TPSA) is 103 Å². The van der Waals surface area contributed by atoms with Gasteiger partial charge in [0.25, 0.3) is 5.91 Å². The molecule has 3 N–H and O–H groups in total. The van der Waals surface area contributed by atoms with Crippen LogP contribution < -0.4 is 10.2 Å². The third-order valence-corrected chi connectivity index (χ3v) is 3.59. The number of imidazole rings is 1. The summed E-state index contributed by atoms with van der Waals surface area (Å²) in [7, 11) is 0. The second-order valence-electron chi connectivity index (χ2n) is 4.98. The van der Waals surface area contributed by atoms with Gasteiger partial charge in [-0.2, -0.15) is 0 Å². The van der Waals surface area contributed by atoms with Gasteiger partial charge in [-0.25, -0.2) is 15.0 Å². The fraction of sp³-hybridized carbons (Fsp3) is 0.231. The molecule has 1 amide bonds. The van der Waals surface area contributed by atoms with Crippen LogP contribution in [0.4, 0.5) is 5.82 Å². The first-order chi connectivity index (χ1) is 10.3. The molecule has 1 saturated heterocycles. The maximum Gasteiger partial charge on any atom is 0.269 e. The highest BCUT2D eigenvalue weighted by Crippen LogP contribution is 2.25. The predicted molar refractivity (Wildman–Crippen MR) is 75.9 cm³/mol. The third kappa shape index (κ3) is 2.00. The Bertz CT molecular complexity index is 773. The highest BCUT2D eigenvalue weighted by Gasteiger charge is 2.30. The summed E-state index contributed by atoms with van der Waals surface area (Å²) >= 11 is 0. The van der Waals surface area contributed by atoms with Gasteiger partial charge in [-0.1, -0.05) is 0 Å². The van der Waals surface area contributed by atoms with E-state index in [9.17, 15) is 4.79 Å². The van der Waals surface area contributed by atoms with Gasteiger partial charge in [0.15, 0.2) is 0 Å². The summed E-state index contributed by atoms with van der Waals surface area (Å²) in [6, 6.07) is 2.08. The molecule has 8 nitrogen and oxygen atoms in total. The van der Waals surface area contributed by atoms with Crippen LogP contribution in [-0.2, 0) is 0 Å². The largest absolute Gasteiger partial charge is 0.352 e. The molecule has 106 valence electrons. The van der Waals surface area contributed by atoms with Crippen molar-refractivity contribution in [3.05, 3.63) is 36.8 Å². The number of aromatic amines is 2. The van der Waals surface area contributed by atoms with E-state index in [0.29, 0.717) is 5.69 Å². The van der Waals surface area contributed by atoms with E-state index in [0.717, 1.165) is 29.9 Å². The van der Waals surface area contributed by atoms with E-state index >= 15 is 0 Å². The van der Waals surface area contributed by atoms with Gasteiger partial charge in [0.2, 0.25) is 0 Å². The molecule has 1 aliphatic heterocycles. The Labute approximate surface area is 119 Å². The van der Waals surface area contributed by atoms with Crippen molar-refractivity contribution in [1.29, 1.82) is 0 Å². The number of fused-ring (bicyclic) bond motifs is 1. The summed E-state index contributed by atoms with van der Waals surface area (Å²) in [4.78, 5) is 32.2. The van der Waals surface area contributed by atoms with Crippen LogP contribution in [-0.4, -0.2) is 50.0 Å². The molecule has 3 aromatic rings. The number of anilines is 1. The molecule has 4 rings (SSSR count). The SMILES string of the molecule is O=C(NC1CN(c2ncnc3[nH]ccc23)C1)c1cnc[nH]1. The third-order valence-electron chi connectivity index (χ3n) is 3.59. The average molecular weight is 283 g/mol. The number of aromatic nitrogens is 5. The Kier molecular flexibility index (Phi) is 2.59. The van der Waals surface area contributed by atoms with Crippen LogP contribution in [0, 0.1) is 0 Å². The highest BCUT2D eigenvalue weighted by molar-refractivity contribution is 5.92. The van der Waals surface area contributed by atoms with Crippen LogP contribution in [0.2, 0.25) is 0 Å². The average Bonchev–Trinajstić information content (AvgIpc) is 3.11. The normalized spacial score (nSPS) is 15.1. The number of hydrogen-bond acceptors (Lipinski definition) is 5. The van der Waals surface area contributed by atoms with Crippen molar-refractivity contribution in [2.75, 3.05) is 18.0 Å². The number of hydrogen-bond donors (Lipinski definition) is 3. The summed E-state index contributed by atoms with van der Waals surface area (Å²) in [6.07, 6.45) is 6.40. The number of nitrogens with one attached hydrogen (secondary N) is 3. The molecular weight excluding hydrogens is 270 g/mol. The molecule has 0 aliphatic carbocycles.